The van der Waals surface area contributed by atoms with Crippen LogP contribution in [0.5, 0.6) is 0 Å². The van der Waals surface area contributed by atoms with E-state index < -0.39 is 18.9 Å². The molecule has 1 N–H and O–H groups in total. The maximum absolute atomic E-state index is 12.5. The van der Waals surface area contributed by atoms with Crippen LogP contribution >= 0.6 is 0 Å². The van der Waals surface area contributed by atoms with Crippen molar-refractivity contribution in [1.82, 2.24) is 4.90 Å². The number of benzene rings is 1. The summed E-state index contributed by atoms with van der Waals surface area (Å²) in [5, 5.41) is 9.59. The predicted molar refractivity (Wildman–Crippen MR) is 79.4 cm³/mol. The van der Waals surface area contributed by atoms with Crippen molar-refractivity contribution in [1.29, 1.82) is 0 Å². The van der Waals surface area contributed by atoms with E-state index in [4.69, 9.17) is 13.6 Å². The van der Waals surface area contributed by atoms with Gasteiger partial charge in [-0.1, -0.05) is 30.3 Å². The first-order valence-electron chi connectivity index (χ1n) is 9.20. The molecule has 0 aromatic heterocycles. The standard InChI is InChI=1S/C17H21NO4/c1-18-13-7-11(8-14(18)16-15(13)22-16)21-17(20)12(9-19)10-5-3-2-4-6-10/h2-6,11-16,19H,7-9H2,1H3/t11?,12-,13?,14?,15?,16?/m0/s1/i1D3. The Morgan fingerprint density at radius 2 is 2.09 bits per heavy atom. The molecule has 0 amide bonds. The summed E-state index contributed by atoms with van der Waals surface area (Å²) in [6.07, 6.45) is 0.452. The molecule has 2 bridgehead atoms. The Morgan fingerprint density at radius 1 is 1.41 bits per heavy atom. The Kier molecular flexibility index (Phi) is 2.71. The maximum Gasteiger partial charge on any atom is 0.316 e. The highest BCUT2D eigenvalue weighted by atomic mass is 16.6. The highest BCUT2D eigenvalue weighted by Crippen LogP contribution is 2.48. The normalized spacial score (nSPS) is 40.0. The van der Waals surface area contributed by atoms with Crippen LogP contribution < -0.4 is 0 Å². The minimum atomic E-state index is -2.15. The molecule has 0 radical (unpaired) electrons. The number of rotatable bonds is 4. The molecular formula is C17H21NO4. The van der Waals surface area contributed by atoms with Crippen molar-refractivity contribution in [3.63, 3.8) is 0 Å². The third-order valence-corrected chi connectivity index (χ3v) is 5.00. The smallest absolute Gasteiger partial charge is 0.316 e. The lowest BCUT2D eigenvalue weighted by molar-refractivity contribution is -0.156. The summed E-state index contributed by atoms with van der Waals surface area (Å²) >= 11 is 0. The van der Waals surface area contributed by atoms with Crippen LogP contribution in [-0.4, -0.2) is 60.0 Å². The minimum absolute atomic E-state index is 0.0584. The van der Waals surface area contributed by atoms with Gasteiger partial charge in [-0.3, -0.25) is 9.69 Å². The number of aliphatic hydroxyl groups is 1. The summed E-state index contributed by atoms with van der Waals surface area (Å²) in [6.45, 7) is -2.48. The van der Waals surface area contributed by atoms with E-state index in [1.54, 1.807) is 17.0 Å². The number of hydrogen-bond donors (Lipinski definition) is 1. The second kappa shape index (κ2) is 5.33. The molecule has 4 rings (SSSR count). The van der Waals surface area contributed by atoms with Crippen molar-refractivity contribution in [2.75, 3.05) is 13.6 Å². The van der Waals surface area contributed by atoms with Crippen molar-refractivity contribution in [2.24, 2.45) is 0 Å². The zero-order valence-electron chi connectivity index (χ0n) is 15.1. The van der Waals surface area contributed by atoms with Crippen molar-refractivity contribution in [3.8, 4) is 0 Å². The summed E-state index contributed by atoms with van der Waals surface area (Å²) in [5.41, 5.74) is 0.712. The van der Waals surface area contributed by atoms with Gasteiger partial charge in [-0.25, -0.2) is 0 Å². The molecule has 5 atom stereocenters. The van der Waals surface area contributed by atoms with Gasteiger partial charge in [0, 0.05) is 29.0 Å². The van der Waals surface area contributed by atoms with E-state index in [1.165, 1.54) is 0 Å². The molecule has 1 aromatic carbocycles. The molecule has 3 fully saturated rings. The van der Waals surface area contributed by atoms with Gasteiger partial charge in [0.1, 0.15) is 24.2 Å². The summed E-state index contributed by atoms with van der Waals surface area (Å²) in [4.78, 5) is 14.1. The number of piperidine rings is 1. The van der Waals surface area contributed by atoms with Crippen LogP contribution in [0.3, 0.4) is 0 Å². The second-order valence-electron chi connectivity index (χ2n) is 6.28. The molecule has 118 valence electrons. The lowest BCUT2D eigenvalue weighted by Crippen LogP contribution is -2.48. The number of likely N-dealkylation sites (N-methyl/N-ethyl adjacent to an activating group) is 1. The molecule has 0 spiro atoms. The number of nitrogens with zero attached hydrogens (tertiary/aromatic N) is 1. The molecule has 3 aliphatic rings. The van der Waals surface area contributed by atoms with Gasteiger partial charge >= 0.3 is 5.97 Å². The van der Waals surface area contributed by atoms with Crippen LogP contribution in [0.4, 0.5) is 0 Å². The Labute approximate surface area is 134 Å². The number of carbonyl (C=O) groups excluding carboxylic acids is 1. The molecule has 3 saturated heterocycles. The number of carbonyl (C=O) groups is 1. The van der Waals surface area contributed by atoms with Crippen LogP contribution in [0, 0.1) is 0 Å². The number of fused-ring (bicyclic) bond motifs is 5. The third-order valence-electron chi connectivity index (χ3n) is 5.00. The average Bonchev–Trinajstić information content (AvgIpc) is 3.31. The van der Waals surface area contributed by atoms with Crippen molar-refractivity contribution in [2.45, 2.75) is 49.2 Å². The van der Waals surface area contributed by atoms with Crippen molar-refractivity contribution < 1.29 is 23.5 Å². The van der Waals surface area contributed by atoms with E-state index >= 15 is 0 Å². The van der Waals surface area contributed by atoms with E-state index in [1.807, 2.05) is 18.2 Å². The largest absolute Gasteiger partial charge is 0.462 e. The van der Waals surface area contributed by atoms with Crippen LogP contribution in [0.15, 0.2) is 30.3 Å². The van der Waals surface area contributed by atoms with Gasteiger partial charge in [0.15, 0.2) is 0 Å². The quantitative estimate of drug-likeness (QED) is 0.662. The molecule has 1 aromatic rings. The van der Waals surface area contributed by atoms with Crippen LogP contribution in [0.25, 0.3) is 0 Å². The average molecular weight is 306 g/mol. The number of hydrogen-bond acceptors (Lipinski definition) is 5. The lowest BCUT2D eigenvalue weighted by atomic mass is 9.97. The first-order chi connectivity index (χ1) is 11.9. The molecule has 0 saturated carbocycles. The van der Waals surface area contributed by atoms with Gasteiger partial charge in [0.2, 0.25) is 0 Å². The highest BCUT2D eigenvalue weighted by Gasteiger charge is 2.62. The topological polar surface area (TPSA) is 62.3 Å². The van der Waals surface area contributed by atoms with E-state index in [-0.39, 0.29) is 37.0 Å². The second-order valence-corrected chi connectivity index (χ2v) is 6.28. The van der Waals surface area contributed by atoms with Crippen molar-refractivity contribution >= 4 is 5.97 Å². The van der Waals surface area contributed by atoms with E-state index in [0.717, 1.165) is 0 Å². The fourth-order valence-corrected chi connectivity index (χ4v) is 3.79. The molecule has 3 heterocycles. The summed E-state index contributed by atoms with van der Waals surface area (Å²) in [7, 11) is 0. The predicted octanol–water partition coefficient (Wildman–Crippen LogP) is 0.918. The van der Waals surface area contributed by atoms with Gasteiger partial charge in [-0.15, -0.1) is 0 Å². The summed E-state index contributed by atoms with van der Waals surface area (Å²) in [5.74, 6) is -1.18. The van der Waals surface area contributed by atoms with E-state index in [0.29, 0.717) is 18.4 Å². The summed E-state index contributed by atoms with van der Waals surface area (Å²) in [6, 6.07) is 8.56. The number of aliphatic hydroxyl groups excluding tert-OH is 1. The molecule has 22 heavy (non-hydrogen) atoms. The molecule has 3 aliphatic heterocycles. The summed E-state index contributed by atoms with van der Waals surface area (Å²) < 4.78 is 34.4. The van der Waals surface area contributed by atoms with Gasteiger partial charge in [0.25, 0.3) is 0 Å². The molecular weight excluding hydrogens is 282 g/mol. The third kappa shape index (κ3) is 2.24. The zero-order chi connectivity index (χ0) is 17.8. The molecule has 5 nitrogen and oxygen atoms in total. The SMILES string of the molecule is [2H]C([2H])([2H])N1C2CC(OC(=O)[C@@H](CO)c3ccccc3)CC1C1OC12. The van der Waals surface area contributed by atoms with Crippen LogP contribution in [-0.2, 0) is 14.3 Å². The van der Waals surface area contributed by atoms with Crippen LogP contribution in [0.1, 0.15) is 28.4 Å². The number of ether oxygens (including phenoxy) is 2. The fourth-order valence-electron chi connectivity index (χ4n) is 3.79. The van der Waals surface area contributed by atoms with Gasteiger partial charge in [-0.2, -0.15) is 0 Å². The molecule has 0 aliphatic carbocycles. The number of epoxide rings is 1. The monoisotopic (exact) mass is 306 g/mol. The van der Waals surface area contributed by atoms with E-state index in [2.05, 4.69) is 0 Å². The number of morpholine rings is 1. The zero-order valence-corrected chi connectivity index (χ0v) is 12.1. The van der Waals surface area contributed by atoms with Crippen LogP contribution in [0.2, 0.25) is 0 Å². The first-order valence-corrected chi connectivity index (χ1v) is 7.70. The highest BCUT2D eigenvalue weighted by molar-refractivity contribution is 5.78. The van der Waals surface area contributed by atoms with Gasteiger partial charge < -0.3 is 14.6 Å². The first kappa shape index (κ1) is 11.2. The lowest BCUT2D eigenvalue weighted by Gasteiger charge is -2.38. The number of esters is 1. The van der Waals surface area contributed by atoms with Crippen molar-refractivity contribution in [3.05, 3.63) is 35.9 Å². The Morgan fingerprint density at radius 3 is 2.68 bits per heavy atom. The Hall–Kier alpha value is -1.43. The Balaban J connectivity index is 1.44. The fraction of sp³-hybridized carbons (Fsp3) is 0.588. The molecule has 5 heteroatoms. The molecule has 4 unspecified atom stereocenters. The Bertz CT molecular complexity index is 635. The van der Waals surface area contributed by atoms with E-state index in [9.17, 15) is 9.90 Å². The van der Waals surface area contributed by atoms with Gasteiger partial charge in [-0.05, 0) is 12.5 Å². The minimum Gasteiger partial charge on any atom is -0.462 e. The maximum atomic E-state index is 12.5. The van der Waals surface area contributed by atoms with Gasteiger partial charge in [0.05, 0.1) is 6.61 Å².